The summed E-state index contributed by atoms with van der Waals surface area (Å²) in [7, 11) is 3.14. The number of ether oxygens (including phenoxy) is 1. The summed E-state index contributed by atoms with van der Waals surface area (Å²) in [5.74, 6) is -0.699. The number of carbonyl (C=O) groups excluding carboxylic acids is 3. The topological polar surface area (TPSA) is 66.9 Å². The Kier molecular flexibility index (Phi) is 3.61. The van der Waals surface area contributed by atoms with Gasteiger partial charge in [-0.05, 0) is 18.2 Å². The first-order valence-corrected chi connectivity index (χ1v) is 8.15. The van der Waals surface area contributed by atoms with Gasteiger partial charge in [-0.1, -0.05) is 30.3 Å². The maximum atomic E-state index is 13.1. The van der Waals surface area contributed by atoms with Gasteiger partial charge < -0.3 is 9.64 Å². The van der Waals surface area contributed by atoms with Crippen molar-refractivity contribution in [1.29, 1.82) is 0 Å². The summed E-state index contributed by atoms with van der Waals surface area (Å²) in [4.78, 5) is 41.0. The van der Waals surface area contributed by atoms with Crippen LogP contribution in [-0.4, -0.2) is 31.9 Å². The Hall–Kier alpha value is -3.41. The van der Waals surface area contributed by atoms with Gasteiger partial charge in [-0.2, -0.15) is 0 Å². The van der Waals surface area contributed by atoms with Gasteiger partial charge in [0.15, 0.2) is 0 Å². The van der Waals surface area contributed by atoms with E-state index in [0.717, 1.165) is 10.6 Å². The molecule has 6 heteroatoms. The fraction of sp³-hybridized carbons (Fsp3) is 0.150. The van der Waals surface area contributed by atoms with E-state index in [-0.39, 0.29) is 23.8 Å². The van der Waals surface area contributed by atoms with Crippen molar-refractivity contribution >= 4 is 34.7 Å². The van der Waals surface area contributed by atoms with Crippen molar-refractivity contribution in [3.05, 3.63) is 59.7 Å². The molecule has 2 aliphatic rings. The number of nitrogens with zero attached hydrogens (tertiary/aromatic N) is 2. The van der Waals surface area contributed by atoms with E-state index in [1.54, 1.807) is 37.4 Å². The fourth-order valence-electron chi connectivity index (χ4n) is 3.47. The van der Waals surface area contributed by atoms with Gasteiger partial charge in [-0.3, -0.25) is 14.4 Å². The van der Waals surface area contributed by atoms with E-state index < -0.39 is 5.91 Å². The van der Waals surface area contributed by atoms with Crippen molar-refractivity contribution in [3.8, 4) is 5.75 Å². The predicted octanol–water partition coefficient (Wildman–Crippen LogP) is 2.39. The van der Waals surface area contributed by atoms with Crippen LogP contribution in [0.2, 0.25) is 0 Å². The molecule has 0 aromatic heterocycles. The monoisotopic (exact) mass is 348 g/mol. The molecule has 0 bridgehead atoms. The van der Waals surface area contributed by atoms with Crippen LogP contribution >= 0.6 is 0 Å². The predicted molar refractivity (Wildman–Crippen MR) is 96.9 cm³/mol. The summed E-state index contributed by atoms with van der Waals surface area (Å²) < 4.78 is 5.27. The third kappa shape index (κ3) is 2.15. The van der Waals surface area contributed by atoms with Gasteiger partial charge in [-0.15, -0.1) is 0 Å². The molecule has 6 nitrogen and oxygen atoms in total. The minimum atomic E-state index is -0.479. The molecule has 1 fully saturated rings. The smallest absolute Gasteiger partial charge is 0.262 e. The van der Waals surface area contributed by atoms with E-state index in [4.69, 9.17) is 4.74 Å². The van der Waals surface area contributed by atoms with Crippen molar-refractivity contribution in [2.45, 2.75) is 6.42 Å². The van der Waals surface area contributed by atoms with Gasteiger partial charge in [-0.25, -0.2) is 4.90 Å². The van der Waals surface area contributed by atoms with Crippen molar-refractivity contribution in [2.75, 3.05) is 24.0 Å². The van der Waals surface area contributed by atoms with Gasteiger partial charge in [0, 0.05) is 18.2 Å². The highest BCUT2D eigenvalue weighted by atomic mass is 16.5. The highest BCUT2D eigenvalue weighted by Gasteiger charge is 2.42. The largest absolute Gasteiger partial charge is 0.495 e. The zero-order chi connectivity index (χ0) is 18.4. The van der Waals surface area contributed by atoms with E-state index in [2.05, 4.69) is 0 Å². The lowest BCUT2D eigenvalue weighted by Crippen LogP contribution is -2.29. The average molecular weight is 348 g/mol. The maximum absolute atomic E-state index is 13.1. The number of imide groups is 1. The van der Waals surface area contributed by atoms with Crippen LogP contribution in [0.3, 0.4) is 0 Å². The van der Waals surface area contributed by atoms with Crippen LogP contribution in [0.15, 0.2) is 54.1 Å². The molecule has 0 saturated carbocycles. The highest BCUT2D eigenvalue weighted by Crippen LogP contribution is 2.41. The third-order valence-electron chi connectivity index (χ3n) is 4.72. The number of hydrogen-bond acceptors (Lipinski definition) is 4. The summed E-state index contributed by atoms with van der Waals surface area (Å²) >= 11 is 0. The zero-order valence-electron chi connectivity index (χ0n) is 14.4. The number of benzene rings is 2. The zero-order valence-corrected chi connectivity index (χ0v) is 14.4. The van der Waals surface area contributed by atoms with Crippen LogP contribution in [0.4, 0.5) is 11.4 Å². The summed E-state index contributed by atoms with van der Waals surface area (Å²) in [5, 5.41) is 0. The third-order valence-corrected chi connectivity index (χ3v) is 4.72. The molecule has 26 heavy (non-hydrogen) atoms. The lowest BCUT2D eigenvalue weighted by Gasteiger charge is -2.16. The molecule has 0 spiro atoms. The molecule has 0 radical (unpaired) electrons. The first-order valence-electron chi connectivity index (χ1n) is 8.15. The first-order chi connectivity index (χ1) is 12.5. The van der Waals surface area contributed by atoms with Gasteiger partial charge in [0.25, 0.3) is 11.8 Å². The Labute approximate surface area is 150 Å². The Morgan fingerprint density at radius 2 is 1.54 bits per heavy atom. The molecular weight excluding hydrogens is 332 g/mol. The second-order valence-corrected chi connectivity index (χ2v) is 6.12. The van der Waals surface area contributed by atoms with Crippen molar-refractivity contribution in [2.24, 2.45) is 0 Å². The summed E-state index contributed by atoms with van der Waals surface area (Å²) in [6.07, 6.45) is -0.111. The van der Waals surface area contributed by atoms with Crippen LogP contribution in [0.5, 0.6) is 5.75 Å². The highest BCUT2D eigenvalue weighted by molar-refractivity contribution is 6.41. The molecule has 0 atom stereocenters. The number of likely N-dealkylation sites (N-methyl/N-ethyl adjacent to an activating group) is 1. The molecule has 2 aromatic rings. The number of methoxy groups -OCH3 is 1. The molecule has 0 aliphatic carbocycles. The summed E-state index contributed by atoms with van der Waals surface area (Å²) in [6, 6.07) is 14.1. The fourth-order valence-corrected chi connectivity index (χ4v) is 3.47. The van der Waals surface area contributed by atoms with E-state index in [9.17, 15) is 14.4 Å². The van der Waals surface area contributed by atoms with Crippen molar-refractivity contribution in [1.82, 2.24) is 0 Å². The molecule has 0 unspecified atom stereocenters. The number of hydrogen-bond donors (Lipinski definition) is 0. The summed E-state index contributed by atoms with van der Waals surface area (Å²) in [6.45, 7) is 0. The van der Waals surface area contributed by atoms with Gasteiger partial charge >= 0.3 is 0 Å². The molecule has 1 saturated heterocycles. The average Bonchev–Trinajstić information content (AvgIpc) is 3.08. The lowest BCUT2D eigenvalue weighted by molar-refractivity contribution is -0.121. The van der Waals surface area contributed by atoms with Crippen molar-refractivity contribution < 1.29 is 19.1 Å². The van der Waals surface area contributed by atoms with Gasteiger partial charge in [0.2, 0.25) is 5.91 Å². The minimum absolute atomic E-state index is 0.111. The lowest BCUT2D eigenvalue weighted by atomic mass is 10.00. The van der Waals surface area contributed by atoms with Crippen molar-refractivity contribution in [3.63, 3.8) is 0 Å². The maximum Gasteiger partial charge on any atom is 0.262 e. The van der Waals surface area contributed by atoms with Crippen LogP contribution in [0, 0.1) is 0 Å². The van der Waals surface area contributed by atoms with Gasteiger partial charge in [0.1, 0.15) is 5.75 Å². The number of rotatable bonds is 2. The Morgan fingerprint density at radius 1 is 0.885 bits per heavy atom. The Bertz CT molecular complexity index is 993. The van der Waals surface area contributed by atoms with Crippen LogP contribution in [-0.2, 0) is 14.4 Å². The molecule has 2 heterocycles. The molecule has 4 rings (SSSR count). The molecule has 3 amide bonds. The second-order valence-electron chi connectivity index (χ2n) is 6.12. The van der Waals surface area contributed by atoms with Crippen LogP contribution < -0.4 is 14.5 Å². The van der Waals surface area contributed by atoms with Crippen LogP contribution in [0.25, 0.3) is 5.57 Å². The number of carbonyl (C=O) groups is 3. The molecule has 130 valence electrons. The quantitative estimate of drug-likeness (QED) is 0.617. The Morgan fingerprint density at radius 3 is 2.27 bits per heavy atom. The SMILES string of the molecule is COc1ccccc1N1C(=O)C/C(=C2/C(=O)N(C)c3ccccc32)C1=O. The van der Waals surface area contributed by atoms with Gasteiger partial charge in [0.05, 0.1) is 30.5 Å². The van der Waals surface area contributed by atoms with E-state index >= 15 is 0 Å². The molecule has 2 aliphatic heterocycles. The number of fused-ring (bicyclic) bond motifs is 1. The summed E-state index contributed by atoms with van der Waals surface area (Å²) in [5.41, 5.74) is 2.32. The standard InChI is InChI=1S/C20H16N2O4/c1-21-14-8-4-3-7-12(14)18(20(21)25)13-11-17(23)22(19(13)24)15-9-5-6-10-16(15)26-2/h3-10H,11H2,1-2H3/b18-13-. The minimum Gasteiger partial charge on any atom is -0.495 e. The second kappa shape index (κ2) is 5.84. The van der Waals surface area contributed by atoms with E-state index in [0.29, 0.717) is 22.6 Å². The molecule has 0 N–H and O–H groups in total. The first kappa shape index (κ1) is 16.1. The van der Waals surface area contributed by atoms with E-state index in [1.807, 2.05) is 18.2 Å². The van der Waals surface area contributed by atoms with Crippen LogP contribution in [0.1, 0.15) is 12.0 Å². The number of amides is 3. The Balaban J connectivity index is 1.86. The number of para-hydroxylation sites is 3. The normalized spacial score (nSPS) is 19.4. The molecule has 2 aromatic carbocycles. The van der Waals surface area contributed by atoms with E-state index in [1.165, 1.54) is 12.0 Å². The molecular formula is C20H16N2O4. The number of anilines is 2.